The topological polar surface area (TPSA) is 108 Å². The van der Waals surface area contributed by atoms with E-state index >= 15 is 0 Å². The Kier molecular flexibility index (Phi) is 6.71. The molecule has 0 saturated carbocycles. The molecule has 2 fully saturated rings. The van der Waals surface area contributed by atoms with E-state index < -0.39 is 11.7 Å². The van der Waals surface area contributed by atoms with E-state index in [1.165, 1.54) is 0 Å². The third-order valence-electron chi connectivity index (χ3n) is 6.65. The summed E-state index contributed by atoms with van der Waals surface area (Å²) in [5, 5.41) is 8.17. The summed E-state index contributed by atoms with van der Waals surface area (Å²) in [5.41, 5.74) is -0.131. The number of piperazine rings is 1. The Balaban J connectivity index is 1.19. The van der Waals surface area contributed by atoms with E-state index in [0.29, 0.717) is 57.1 Å². The Morgan fingerprint density at radius 3 is 2.51 bits per heavy atom. The van der Waals surface area contributed by atoms with Gasteiger partial charge in [0.1, 0.15) is 0 Å². The minimum atomic E-state index is -4.49. The Labute approximate surface area is 210 Å². The van der Waals surface area contributed by atoms with E-state index in [9.17, 15) is 22.8 Å². The fraction of sp³-hybridized carbons (Fsp3) is 0.458. The Morgan fingerprint density at radius 2 is 1.81 bits per heavy atom. The maximum Gasteiger partial charge on any atom is 0.419 e. The lowest BCUT2D eigenvalue weighted by Gasteiger charge is -2.37. The molecule has 1 amide bonds. The molecule has 0 aliphatic carbocycles. The van der Waals surface area contributed by atoms with Crippen molar-refractivity contribution in [3.8, 4) is 0 Å². The summed E-state index contributed by atoms with van der Waals surface area (Å²) >= 11 is 0. The van der Waals surface area contributed by atoms with Crippen LogP contribution in [-0.2, 0) is 15.7 Å². The molecule has 4 heterocycles. The molecule has 0 spiro atoms. The predicted octanol–water partition coefficient (Wildman–Crippen LogP) is 1.98. The molecule has 5 rings (SSSR count). The lowest BCUT2D eigenvalue weighted by Crippen LogP contribution is -2.51. The Hall–Kier alpha value is -3.74. The summed E-state index contributed by atoms with van der Waals surface area (Å²) in [5.74, 6) is 0.807. The van der Waals surface area contributed by atoms with Crippen LogP contribution in [0.25, 0.3) is 10.8 Å². The van der Waals surface area contributed by atoms with Crippen LogP contribution in [0.2, 0.25) is 0 Å². The molecule has 10 nitrogen and oxygen atoms in total. The zero-order chi connectivity index (χ0) is 26.2. The summed E-state index contributed by atoms with van der Waals surface area (Å²) < 4.78 is 44.1. The van der Waals surface area contributed by atoms with Crippen molar-refractivity contribution in [3.05, 3.63) is 52.1 Å². The van der Waals surface area contributed by atoms with Crippen molar-refractivity contribution in [3.63, 3.8) is 0 Å². The minimum absolute atomic E-state index is 0.0602. The smallest absolute Gasteiger partial charge is 0.374 e. The van der Waals surface area contributed by atoms with Crippen LogP contribution in [0.3, 0.4) is 0 Å². The largest absolute Gasteiger partial charge is 0.419 e. The van der Waals surface area contributed by atoms with Gasteiger partial charge in [-0.2, -0.15) is 18.3 Å². The van der Waals surface area contributed by atoms with E-state index in [4.69, 9.17) is 4.74 Å². The average Bonchev–Trinajstić information content (AvgIpc) is 2.88. The van der Waals surface area contributed by atoms with Gasteiger partial charge in [0.15, 0.2) is 5.82 Å². The number of morpholine rings is 1. The third-order valence-corrected chi connectivity index (χ3v) is 6.65. The monoisotopic (exact) mass is 517 g/mol. The molecule has 37 heavy (non-hydrogen) atoms. The molecule has 1 aromatic carbocycles. The summed E-state index contributed by atoms with van der Waals surface area (Å²) in [6, 6.07) is 5.60. The van der Waals surface area contributed by atoms with Crippen LogP contribution in [0, 0.1) is 6.92 Å². The molecule has 2 aliphatic rings. The van der Waals surface area contributed by atoms with E-state index in [2.05, 4.69) is 20.2 Å². The van der Waals surface area contributed by atoms with Crippen molar-refractivity contribution >= 4 is 28.4 Å². The number of aromatic amines is 1. The molecule has 13 heteroatoms. The number of hydrogen-bond donors (Lipinski definition) is 1. The molecule has 196 valence electrons. The van der Waals surface area contributed by atoms with Gasteiger partial charge in [0.25, 0.3) is 5.56 Å². The number of aryl methyl sites for hydroxylation is 1. The lowest BCUT2D eigenvalue weighted by molar-refractivity contribution is -0.138. The van der Waals surface area contributed by atoms with Gasteiger partial charge in [-0.05, 0) is 19.1 Å². The number of aromatic nitrogens is 4. The highest BCUT2D eigenvalue weighted by Gasteiger charge is 2.32. The normalized spacial score (nSPS) is 18.9. The number of benzene rings is 1. The first-order valence-corrected chi connectivity index (χ1v) is 12.0. The number of halogens is 3. The van der Waals surface area contributed by atoms with Crippen molar-refractivity contribution < 1.29 is 22.7 Å². The fourth-order valence-corrected chi connectivity index (χ4v) is 4.65. The molecule has 2 aliphatic heterocycles. The van der Waals surface area contributed by atoms with Crippen LogP contribution in [0.1, 0.15) is 17.5 Å². The number of hydrogen-bond acceptors (Lipinski definition) is 8. The molecule has 0 bridgehead atoms. The van der Waals surface area contributed by atoms with Gasteiger partial charge >= 0.3 is 6.18 Å². The van der Waals surface area contributed by atoms with E-state index in [1.54, 1.807) is 15.9 Å². The summed E-state index contributed by atoms with van der Waals surface area (Å²) in [6.45, 7) is 5.06. The Bertz CT molecular complexity index is 1340. The number of H-pyrrole nitrogens is 1. The fourth-order valence-electron chi connectivity index (χ4n) is 4.65. The quantitative estimate of drug-likeness (QED) is 0.560. The highest BCUT2D eigenvalue weighted by atomic mass is 19.4. The predicted molar refractivity (Wildman–Crippen MR) is 129 cm³/mol. The number of alkyl halides is 3. The number of nitrogens with one attached hydrogen (secondary N) is 1. The van der Waals surface area contributed by atoms with Crippen LogP contribution in [0.15, 0.2) is 35.4 Å². The first-order valence-electron chi connectivity index (χ1n) is 12.0. The van der Waals surface area contributed by atoms with Crippen LogP contribution in [-0.4, -0.2) is 83.0 Å². The van der Waals surface area contributed by atoms with Gasteiger partial charge in [-0.25, -0.2) is 15.1 Å². The molecular weight excluding hydrogens is 491 g/mol. The molecule has 2 saturated heterocycles. The second-order valence-electron chi connectivity index (χ2n) is 9.21. The van der Waals surface area contributed by atoms with Gasteiger partial charge in [0, 0.05) is 57.0 Å². The van der Waals surface area contributed by atoms with Crippen molar-refractivity contribution in [2.24, 2.45) is 0 Å². The summed E-state index contributed by atoms with van der Waals surface area (Å²) in [7, 11) is 0. The van der Waals surface area contributed by atoms with Gasteiger partial charge in [-0.15, -0.1) is 0 Å². The van der Waals surface area contributed by atoms with Gasteiger partial charge in [0.05, 0.1) is 30.1 Å². The van der Waals surface area contributed by atoms with Crippen molar-refractivity contribution in [1.29, 1.82) is 0 Å². The molecule has 1 N–H and O–H groups in total. The number of carbonyl (C=O) groups is 1. The van der Waals surface area contributed by atoms with Gasteiger partial charge in [-0.1, -0.05) is 11.6 Å². The second-order valence-corrected chi connectivity index (χ2v) is 9.21. The van der Waals surface area contributed by atoms with Crippen LogP contribution < -0.4 is 15.4 Å². The number of fused-ring (bicyclic) bond motifs is 1. The Morgan fingerprint density at radius 1 is 1.08 bits per heavy atom. The third kappa shape index (κ3) is 5.36. The molecular formula is C24H26F3N7O3. The molecule has 3 aromatic rings. The van der Waals surface area contributed by atoms with Gasteiger partial charge in [0.2, 0.25) is 11.9 Å². The second kappa shape index (κ2) is 9.96. The minimum Gasteiger partial charge on any atom is -0.374 e. The molecule has 2 aromatic heterocycles. The van der Waals surface area contributed by atoms with Crippen molar-refractivity contribution in [1.82, 2.24) is 25.1 Å². The maximum absolute atomic E-state index is 13.0. The number of carbonyl (C=O) groups excluding carboxylic acids is 1. The standard InChI is InChI=1S/C24H26F3N7O3/c1-15-2-3-18-19(10-15)21(30-31-22(18)36)34-8-9-37-17(14-34)11-20(35)32-4-6-33(7-5-32)23-28-12-16(13-29-23)24(25,26)27/h2-3,10,12-13,17H,4-9,11,14H2,1H3,(H,31,36)/t17-/m1/s1. The van der Waals surface area contributed by atoms with E-state index in [-0.39, 0.29) is 29.9 Å². The highest BCUT2D eigenvalue weighted by Crippen LogP contribution is 2.29. The van der Waals surface area contributed by atoms with E-state index in [1.807, 2.05) is 24.0 Å². The molecule has 1 atom stereocenters. The van der Waals surface area contributed by atoms with Crippen molar-refractivity contribution in [2.75, 3.05) is 55.7 Å². The maximum atomic E-state index is 13.0. The number of amides is 1. The van der Waals surface area contributed by atoms with Crippen molar-refractivity contribution in [2.45, 2.75) is 25.6 Å². The van der Waals surface area contributed by atoms with E-state index in [0.717, 1.165) is 23.3 Å². The summed E-state index contributed by atoms with van der Waals surface area (Å²) in [6.07, 6.45) is -3.10. The molecule has 0 unspecified atom stereocenters. The highest BCUT2D eigenvalue weighted by molar-refractivity contribution is 5.92. The lowest BCUT2D eigenvalue weighted by atomic mass is 10.1. The van der Waals surface area contributed by atoms with Crippen LogP contribution >= 0.6 is 0 Å². The number of nitrogens with zero attached hydrogens (tertiary/aromatic N) is 6. The number of rotatable bonds is 4. The number of ether oxygens (including phenoxy) is 1. The first kappa shape index (κ1) is 24.9. The first-order chi connectivity index (χ1) is 17.7. The zero-order valence-corrected chi connectivity index (χ0v) is 20.2. The zero-order valence-electron chi connectivity index (χ0n) is 20.2. The SMILES string of the molecule is Cc1ccc2c(=O)[nH]nc(N3CCO[C@H](CC(=O)N4CCN(c5ncc(C(F)(F)F)cn5)CC4)C3)c2c1. The summed E-state index contributed by atoms with van der Waals surface area (Å²) in [4.78, 5) is 38.4. The number of anilines is 2. The van der Waals surface area contributed by atoms with Crippen LogP contribution in [0.5, 0.6) is 0 Å². The molecule has 0 radical (unpaired) electrons. The van der Waals surface area contributed by atoms with Crippen LogP contribution in [0.4, 0.5) is 24.9 Å². The van der Waals surface area contributed by atoms with Gasteiger partial charge < -0.3 is 19.4 Å². The average molecular weight is 518 g/mol. The van der Waals surface area contributed by atoms with Gasteiger partial charge in [-0.3, -0.25) is 9.59 Å².